The van der Waals surface area contributed by atoms with Gasteiger partial charge in [0.05, 0.1) is 0 Å². The first-order chi connectivity index (χ1) is 8.69. The van der Waals surface area contributed by atoms with Crippen molar-refractivity contribution in [1.29, 1.82) is 0 Å². The number of carbonyl (C=O) groups is 1. The molecule has 0 aliphatic rings. The van der Waals surface area contributed by atoms with Crippen LogP contribution in [0.3, 0.4) is 0 Å². The van der Waals surface area contributed by atoms with Crippen molar-refractivity contribution in [2.24, 2.45) is 0 Å². The van der Waals surface area contributed by atoms with Crippen molar-refractivity contribution in [2.45, 2.75) is 13.3 Å². The summed E-state index contributed by atoms with van der Waals surface area (Å²) in [6, 6.07) is 13.4. The number of benzene rings is 2. The number of rotatable bonds is 4. The monoisotopic (exact) mass is 243 g/mol. The van der Waals surface area contributed by atoms with E-state index in [-0.39, 0.29) is 11.6 Å². The Morgan fingerprint density at radius 3 is 2.50 bits per heavy atom. The standard InChI is InChI=1S/C15H14FNO/c1-2-15(18)11-4-3-5-14(10-11)17-13-8-6-12(16)7-9-13/h3-10,17H,2H2,1H3. The molecular formula is C15H14FNO. The van der Waals surface area contributed by atoms with Crippen LogP contribution in [-0.2, 0) is 0 Å². The fourth-order valence-electron chi connectivity index (χ4n) is 1.67. The van der Waals surface area contributed by atoms with Crippen LogP contribution in [0.25, 0.3) is 0 Å². The van der Waals surface area contributed by atoms with Gasteiger partial charge in [0.2, 0.25) is 0 Å². The van der Waals surface area contributed by atoms with Crippen LogP contribution in [-0.4, -0.2) is 5.78 Å². The van der Waals surface area contributed by atoms with Gasteiger partial charge >= 0.3 is 0 Å². The van der Waals surface area contributed by atoms with Crippen molar-refractivity contribution >= 4 is 17.2 Å². The zero-order valence-corrected chi connectivity index (χ0v) is 10.1. The van der Waals surface area contributed by atoms with Crippen LogP contribution >= 0.6 is 0 Å². The first-order valence-electron chi connectivity index (χ1n) is 5.85. The van der Waals surface area contributed by atoms with Crippen LogP contribution in [0.4, 0.5) is 15.8 Å². The minimum atomic E-state index is -0.268. The number of hydrogen-bond acceptors (Lipinski definition) is 2. The SMILES string of the molecule is CCC(=O)c1cccc(Nc2ccc(F)cc2)c1. The van der Waals surface area contributed by atoms with E-state index < -0.39 is 0 Å². The lowest BCUT2D eigenvalue weighted by molar-refractivity contribution is 0.0988. The van der Waals surface area contributed by atoms with Gasteiger partial charge in [-0.15, -0.1) is 0 Å². The zero-order chi connectivity index (χ0) is 13.0. The first-order valence-corrected chi connectivity index (χ1v) is 5.85. The van der Waals surface area contributed by atoms with Gasteiger partial charge in [-0.1, -0.05) is 19.1 Å². The molecule has 2 aromatic rings. The zero-order valence-electron chi connectivity index (χ0n) is 10.1. The van der Waals surface area contributed by atoms with Gasteiger partial charge in [0.1, 0.15) is 5.82 Å². The number of Topliss-reactive ketones (excluding diaryl/α,β-unsaturated/α-hetero) is 1. The summed E-state index contributed by atoms with van der Waals surface area (Å²) in [7, 11) is 0. The smallest absolute Gasteiger partial charge is 0.162 e. The summed E-state index contributed by atoms with van der Waals surface area (Å²) >= 11 is 0. The Bertz CT molecular complexity index is 549. The third-order valence-electron chi connectivity index (χ3n) is 2.64. The Morgan fingerprint density at radius 1 is 1.11 bits per heavy atom. The summed E-state index contributed by atoms with van der Waals surface area (Å²) in [6.45, 7) is 1.84. The van der Waals surface area contributed by atoms with E-state index in [2.05, 4.69) is 5.32 Å². The summed E-state index contributed by atoms with van der Waals surface area (Å²) in [5.41, 5.74) is 2.29. The van der Waals surface area contributed by atoms with Gasteiger partial charge in [0.25, 0.3) is 0 Å². The van der Waals surface area contributed by atoms with Gasteiger partial charge in [-0.25, -0.2) is 4.39 Å². The predicted octanol–water partition coefficient (Wildman–Crippen LogP) is 4.16. The second-order valence-corrected chi connectivity index (χ2v) is 3.99. The summed E-state index contributed by atoms with van der Waals surface area (Å²) in [4.78, 5) is 11.6. The van der Waals surface area contributed by atoms with E-state index in [1.165, 1.54) is 12.1 Å². The van der Waals surface area contributed by atoms with Crippen LogP contribution in [0.2, 0.25) is 0 Å². The molecule has 0 saturated carbocycles. The Kier molecular flexibility index (Phi) is 3.72. The van der Waals surface area contributed by atoms with E-state index in [4.69, 9.17) is 0 Å². The van der Waals surface area contributed by atoms with Gasteiger partial charge in [0, 0.05) is 23.4 Å². The van der Waals surface area contributed by atoms with Gasteiger partial charge in [-0.05, 0) is 36.4 Å². The van der Waals surface area contributed by atoms with Crippen LogP contribution in [0.15, 0.2) is 48.5 Å². The number of anilines is 2. The van der Waals surface area contributed by atoms with Gasteiger partial charge in [-0.2, -0.15) is 0 Å². The van der Waals surface area contributed by atoms with Crippen LogP contribution < -0.4 is 5.32 Å². The highest BCUT2D eigenvalue weighted by atomic mass is 19.1. The maximum Gasteiger partial charge on any atom is 0.162 e. The molecule has 0 fully saturated rings. The highest BCUT2D eigenvalue weighted by molar-refractivity contribution is 5.96. The van der Waals surface area contributed by atoms with Gasteiger partial charge in [0.15, 0.2) is 5.78 Å². The van der Waals surface area contributed by atoms with Crippen molar-refractivity contribution < 1.29 is 9.18 Å². The molecule has 0 aliphatic carbocycles. The molecule has 0 saturated heterocycles. The third kappa shape index (κ3) is 2.94. The minimum Gasteiger partial charge on any atom is -0.356 e. The number of carbonyl (C=O) groups excluding carboxylic acids is 1. The molecule has 3 heteroatoms. The molecule has 0 unspecified atom stereocenters. The van der Waals surface area contributed by atoms with E-state index >= 15 is 0 Å². The molecule has 2 rings (SSSR count). The van der Waals surface area contributed by atoms with Crippen molar-refractivity contribution in [3.8, 4) is 0 Å². The molecule has 0 amide bonds. The van der Waals surface area contributed by atoms with Crippen molar-refractivity contribution in [3.05, 3.63) is 59.9 Å². The highest BCUT2D eigenvalue weighted by Crippen LogP contribution is 2.18. The highest BCUT2D eigenvalue weighted by Gasteiger charge is 2.03. The summed E-state index contributed by atoms with van der Waals surface area (Å²) in [5, 5.41) is 3.13. The Labute approximate surface area is 105 Å². The maximum absolute atomic E-state index is 12.8. The summed E-state index contributed by atoms with van der Waals surface area (Å²) in [5.74, 6) is -0.159. The van der Waals surface area contributed by atoms with Gasteiger partial charge < -0.3 is 5.32 Å². The second-order valence-electron chi connectivity index (χ2n) is 3.99. The van der Waals surface area contributed by atoms with E-state index in [9.17, 15) is 9.18 Å². The average Bonchev–Trinajstić information content (AvgIpc) is 2.41. The molecule has 0 radical (unpaired) electrons. The number of halogens is 1. The van der Waals surface area contributed by atoms with Crippen LogP contribution in [0, 0.1) is 5.82 Å². The molecule has 18 heavy (non-hydrogen) atoms. The summed E-state index contributed by atoms with van der Waals surface area (Å²) < 4.78 is 12.8. The van der Waals surface area contributed by atoms with Crippen molar-refractivity contribution in [2.75, 3.05) is 5.32 Å². The topological polar surface area (TPSA) is 29.1 Å². The molecule has 0 aliphatic heterocycles. The molecule has 0 bridgehead atoms. The molecule has 0 aromatic heterocycles. The fraction of sp³-hybridized carbons (Fsp3) is 0.133. The largest absolute Gasteiger partial charge is 0.356 e. The molecular weight excluding hydrogens is 229 g/mol. The van der Waals surface area contributed by atoms with Crippen molar-refractivity contribution in [3.63, 3.8) is 0 Å². The molecule has 2 nitrogen and oxygen atoms in total. The van der Waals surface area contributed by atoms with E-state index in [1.807, 2.05) is 19.1 Å². The first kappa shape index (κ1) is 12.3. The normalized spacial score (nSPS) is 10.1. The van der Waals surface area contributed by atoms with Crippen LogP contribution in [0.5, 0.6) is 0 Å². The Morgan fingerprint density at radius 2 is 1.83 bits per heavy atom. The molecule has 0 heterocycles. The Hall–Kier alpha value is -2.16. The average molecular weight is 243 g/mol. The quantitative estimate of drug-likeness (QED) is 0.817. The number of ketones is 1. The van der Waals surface area contributed by atoms with E-state index in [0.29, 0.717) is 12.0 Å². The molecule has 0 spiro atoms. The number of nitrogens with one attached hydrogen (secondary N) is 1. The maximum atomic E-state index is 12.8. The number of hydrogen-bond donors (Lipinski definition) is 1. The lowest BCUT2D eigenvalue weighted by Crippen LogP contribution is -1.98. The fourth-order valence-corrected chi connectivity index (χ4v) is 1.67. The molecule has 0 atom stereocenters. The third-order valence-corrected chi connectivity index (χ3v) is 2.64. The molecule has 1 N–H and O–H groups in total. The second kappa shape index (κ2) is 5.45. The van der Waals surface area contributed by atoms with Crippen molar-refractivity contribution in [1.82, 2.24) is 0 Å². The molecule has 92 valence electrons. The van der Waals surface area contributed by atoms with Crippen LogP contribution in [0.1, 0.15) is 23.7 Å². The lowest BCUT2D eigenvalue weighted by Gasteiger charge is -2.07. The minimum absolute atomic E-state index is 0.109. The summed E-state index contributed by atoms with van der Waals surface area (Å²) in [6.07, 6.45) is 0.486. The van der Waals surface area contributed by atoms with E-state index in [1.54, 1.807) is 24.3 Å². The predicted molar refractivity (Wildman–Crippen MR) is 70.7 cm³/mol. The van der Waals surface area contributed by atoms with Gasteiger partial charge in [-0.3, -0.25) is 4.79 Å². The lowest BCUT2D eigenvalue weighted by atomic mass is 10.1. The Balaban J connectivity index is 2.19. The van der Waals surface area contributed by atoms with E-state index in [0.717, 1.165) is 11.4 Å². The molecule has 2 aromatic carbocycles.